The zero-order valence-electron chi connectivity index (χ0n) is 11.4. The van der Waals surface area contributed by atoms with Crippen LogP contribution in [0.5, 0.6) is 5.75 Å². The number of primary amides is 1. The Balaban J connectivity index is 2.54. The van der Waals surface area contributed by atoms with Gasteiger partial charge < -0.3 is 16.2 Å². The summed E-state index contributed by atoms with van der Waals surface area (Å²) in [4.78, 5) is 11.3. The molecule has 0 radical (unpaired) electrons. The fourth-order valence-electron chi connectivity index (χ4n) is 2.35. The summed E-state index contributed by atoms with van der Waals surface area (Å²) in [5.74, 6) is -0.494. The summed E-state index contributed by atoms with van der Waals surface area (Å²) in [6, 6.07) is 1.97. The van der Waals surface area contributed by atoms with Crippen LogP contribution in [0.15, 0.2) is 21.5 Å². The minimum atomic E-state index is -3.91. The van der Waals surface area contributed by atoms with E-state index in [-0.39, 0.29) is 22.9 Å². The molecular formula is C12H16BrN3O4S. The van der Waals surface area contributed by atoms with E-state index in [0.29, 0.717) is 17.3 Å². The average molecular weight is 378 g/mol. The first-order valence-corrected chi connectivity index (χ1v) is 8.46. The molecule has 1 aromatic carbocycles. The third-order valence-corrected chi connectivity index (χ3v) is 6.02. The first-order chi connectivity index (χ1) is 9.78. The van der Waals surface area contributed by atoms with Gasteiger partial charge in [-0.1, -0.05) is 0 Å². The highest BCUT2D eigenvalue weighted by Gasteiger charge is 2.39. The molecule has 1 aromatic rings. The van der Waals surface area contributed by atoms with E-state index in [4.69, 9.17) is 16.2 Å². The van der Waals surface area contributed by atoms with E-state index in [1.807, 2.05) is 0 Å². The van der Waals surface area contributed by atoms with Crippen molar-refractivity contribution in [2.24, 2.45) is 5.73 Å². The molecule has 1 aliphatic heterocycles. The van der Waals surface area contributed by atoms with E-state index in [1.54, 1.807) is 0 Å². The van der Waals surface area contributed by atoms with Crippen molar-refractivity contribution in [2.45, 2.75) is 23.8 Å². The van der Waals surface area contributed by atoms with Crippen LogP contribution in [0.3, 0.4) is 0 Å². The number of rotatable bonds is 4. The number of anilines is 1. The molecule has 1 heterocycles. The maximum absolute atomic E-state index is 12.8. The molecule has 116 valence electrons. The number of methoxy groups -OCH3 is 1. The van der Waals surface area contributed by atoms with Crippen LogP contribution in [0.25, 0.3) is 0 Å². The van der Waals surface area contributed by atoms with Crippen molar-refractivity contribution in [3.8, 4) is 5.75 Å². The Morgan fingerprint density at radius 2 is 2.14 bits per heavy atom. The molecule has 1 amide bonds. The average Bonchev–Trinajstić information content (AvgIpc) is 2.91. The highest BCUT2D eigenvalue weighted by Crippen LogP contribution is 2.36. The number of hydrogen-bond donors (Lipinski definition) is 2. The van der Waals surface area contributed by atoms with Gasteiger partial charge in [-0.25, -0.2) is 8.42 Å². The number of sulfonamides is 1. The molecule has 9 heteroatoms. The molecule has 1 aliphatic rings. The topological polar surface area (TPSA) is 116 Å². The van der Waals surface area contributed by atoms with E-state index < -0.39 is 22.0 Å². The largest absolute Gasteiger partial charge is 0.495 e. The van der Waals surface area contributed by atoms with Gasteiger partial charge in [0.25, 0.3) is 0 Å². The highest BCUT2D eigenvalue weighted by molar-refractivity contribution is 9.10. The lowest BCUT2D eigenvalue weighted by Gasteiger charge is -2.23. The second-order valence-electron chi connectivity index (χ2n) is 4.70. The van der Waals surface area contributed by atoms with Gasteiger partial charge in [-0.3, -0.25) is 4.79 Å². The molecule has 0 spiro atoms. The number of ether oxygens (including phenoxy) is 1. The molecule has 0 bridgehead atoms. The maximum Gasteiger partial charge on any atom is 0.247 e. The summed E-state index contributed by atoms with van der Waals surface area (Å²) >= 11 is 3.22. The summed E-state index contributed by atoms with van der Waals surface area (Å²) in [6.45, 7) is 0.245. The van der Waals surface area contributed by atoms with Crippen LogP contribution < -0.4 is 16.2 Å². The maximum atomic E-state index is 12.8. The number of nitrogen functional groups attached to an aromatic ring is 1. The zero-order chi connectivity index (χ0) is 15.8. The monoisotopic (exact) mass is 377 g/mol. The van der Waals surface area contributed by atoms with E-state index >= 15 is 0 Å². The number of nitrogens with zero attached hydrogens (tertiary/aromatic N) is 1. The Kier molecular flexibility index (Phi) is 4.45. The minimum Gasteiger partial charge on any atom is -0.495 e. The van der Waals surface area contributed by atoms with Gasteiger partial charge in [0.2, 0.25) is 15.9 Å². The van der Waals surface area contributed by atoms with Crippen LogP contribution in [0, 0.1) is 0 Å². The molecule has 21 heavy (non-hydrogen) atoms. The Labute approximate surface area is 131 Å². The standard InChI is InChI=1S/C12H16BrN3O4S/c1-20-10-5-7(13)8(14)6-11(10)21(18,19)16-4-2-3-9(16)12(15)17/h5-6,9H,2-4,14H2,1H3,(H2,15,17). The van der Waals surface area contributed by atoms with E-state index in [2.05, 4.69) is 15.9 Å². The predicted octanol–water partition coefficient (Wildman–Crippen LogP) is 0.678. The van der Waals surface area contributed by atoms with Crippen LogP contribution >= 0.6 is 15.9 Å². The van der Waals surface area contributed by atoms with Crippen molar-refractivity contribution in [3.63, 3.8) is 0 Å². The second kappa shape index (κ2) is 5.82. The van der Waals surface area contributed by atoms with E-state index in [0.717, 1.165) is 4.31 Å². The van der Waals surface area contributed by atoms with Crippen LogP contribution in [0.2, 0.25) is 0 Å². The summed E-state index contributed by atoms with van der Waals surface area (Å²) in [7, 11) is -2.54. The lowest BCUT2D eigenvalue weighted by molar-refractivity contribution is -0.121. The van der Waals surface area contributed by atoms with Crippen LogP contribution in [0.4, 0.5) is 5.69 Å². The van der Waals surface area contributed by atoms with Crippen LogP contribution in [-0.2, 0) is 14.8 Å². The highest BCUT2D eigenvalue weighted by atomic mass is 79.9. The van der Waals surface area contributed by atoms with Gasteiger partial charge in [-0.2, -0.15) is 4.31 Å². The Bertz CT molecular complexity index is 677. The smallest absolute Gasteiger partial charge is 0.247 e. The normalized spacial score (nSPS) is 19.6. The van der Waals surface area contributed by atoms with Gasteiger partial charge in [0.1, 0.15) is 16.7 Å². The van der Waals surface area contributed by atoms with Gasteiger partial charge in [-0.15, -0.1) is 0 Å². The third kappa shape index (κ3) is 2.85. The predicted molar refractivity (Wildman–Crippen MR) is 81.2 cm³/mol. The molecule has 4 N–H and O–H groups in total. The van der Waals surface area contributed by atoms with Crippen LogP contribution in [0.1, 0.15) is 12.8 Å². The Morgan fingerprint density at radius 3 is 2.71 bits per heavy atom. The van der Waals surface area contributed by atoms with Crippen molar-refractivity contribution in [1.29, 1.82) is 0 Å². The summed E-state index contributed by atoms with van der Waals surface area (Å²) < 4.78 is 32.3. The lowest BCUT2D eigenvalue weighted by Crippen LogP contribution is -2.43. The Morgan fingerprint density at radius 1 is 1.48 bits per heavy atom. The number of carbonyl (C=O) groups is 1. The SMILES string of the molecule is COc1cc(Br)c(N)cc1S(=O)(=O)N1CCCC1C(N)=O. The molecule has 0 aliphatic carbocycles. The zero-order valence-corrected chi connectivity index (χ0v) is 13.8. The van der Waals surface area contributed by atoms with Crippen molar-refractivity contribution >= 4 is 37.5 Å². The number of amides is 1. The minimum absolute atomic E-state index is 0.0705. The van der Waals surface area contributed by atoms with Gasteiger partial charge >= 0.3 is 0 Å². The fraction of sp³-hybridized carbons (Fsp3) is 0.417. The van der Waals surface area contributed by atoms with Gasteiger partial charge in [0.15, 0.2) is 0 Å². The molecule has 1 saturated heterocycles. The van der Waals surface area contributed by atoms with Crippen molar-refractivity contribution in [2.75, 3.05) is 19.4 Å². The molecule has 2 rings (SSSR count). The number of hydrogen-bond acceptors (Lipinski definition) is 5. The van der Waals surface area contributed by atoms with E-state index in [9.17, 15) is 13.2 Å². The molecular weight excluding hydrogens is 362 g/mol. The fourth-order valence-corrected chi connectivity index (χ4v) is 4.51. The van der Waals surface area contributed by atoms with Crippen LogP contribution in [-0.4, -0.2) is 38.3 Å². The number of nitrogens with two attached hydrogens (primary N) is 2. The molecule has 1 fully saturated rings. The van der Waals surface area contributed by atoms with Gasteiger partial charge in [0.05, 0.1) is 7.11 Å². The van der Waals surface area contributed by atoms with Crippen molar-refractivity contribution in [3.05, 3.63) is 16.6 Å². The van der Waals surface area contributed by atoms with E-state index in [1.165, 1.54) is 19.2 Å². The number of benzene rings is 1. The second-order valence-corrected chi connectivity index (χ2v) is 7.41. The summed E-state index contributed by atoms with van der Waals surface area (Å²) in [6.07, 6.45) is 1.00. The molecule has 1 unspecified atom stereocenters. The lowest BCUT2D eigenvalue weighted by atomic mass is 10.2. The third-order valence-electron chi connectivity index (χ3n) is 3.40. The van der Waals surface area contributed by atoms with Gasteiger partial charge in [-0.05, 0) is 40.9 Å². The molecule has 0 saturated carbocycles. The quantitative estimate of drug-likeness (QED) is 0.748. The van der Waals surface area contributed by atoms with Gasteiger partial charge in [0, 0.05) is 16.7 Å². The summed E-state index contributed by atoms with van der Waals surface area (Å²) in [5.41, 5.74) is 11.3. The Hall–Kier alpha value is -1.32. The number of halogens is 1. The first kappa shape index (κ1) is 16.1. The molecule has 0 aromatic heterocycles. The molecule has 7 nitrogen and oxygen atoms in total. The van der Waals surface area contributed by atoms with Crippen molar-refractivity contribution in [1.82, 2.24) is 4.31 Å². The first-order valence-electron chi connectivity index (χ1n) is 6.23. The summed E-state index contributed by atoms with van der Waals surface area (Å²) in [5, 5.41) is 0. The van der Waals surface area contributed by atoms with Crippen molar-refractivity contribution < 1.29 is 17.9 Å². The number of carbonyl (C=O) groups excluding carboxylic acids is 1. The molecule has 1 atom stereocenters.